The highest BCUT2D eigenvalue weighted by Crippen LogP contribution is 2.33. The fourth-order valence-corrected chi connectivity index (χ4v) is 2.68. The molecular weight excluding hydrogens is 238 g/mol. The fourth-order valence-electron chi connectivity index (χ4n) is 2.68. The molecule has 1 aromatic rings. The zero-order valence-corrected chi connectivity index (χ0v) is 12.4. The van der Waals surface area contributed by atoms with E-state index in [0.29, 0.717) is 12.6 Å². The van der Waals surface area contributed by atoms with E-state index in [4.69, 9.17) is 10.5 Å². The van der Waals surface area contributed by atoms with E-state index < -0.39 is 0 Å². The van der Waals surface area contributed by atoms with Gasteiger partial charge < -0.3 is 15.4 Å². The number of benzene rings is 1. The van der Waals surface area contributed by atoms with Crippen LogP contribution in [0.2, 0.25) is 0 Å². The lowest BCUT2D eigenvalue weighted by molar-refractivity contribution is 0.116. The first-order chi connectivity index (χ1) is 8.99. The van der Waals surface area contributed by atoms with Crippen molar-refractivity contribution >= 4 is 5.69 Å². The average molecular weight is 263 g/mol. The van der Waals surface area contributed by atoms with Crippen LogP contribution in [-0.4, -0.2) is 50.3 Å². The van der Waals surface area contributed by atoms with Crippen molar-refractivity contribution in [2.45, 2.75) is 25.4 Å². The van der Waals surface area contributed by atoms with Gasteiger partial charge in [0.25, 0.3) is 0 Å². The smallest absolute Gasteiger partial charge is 0.142 e. The first-order valence-electron chi connectivity index (χ1n) is 6.80. The standard InChI is InChI=1S/C15H25N3O/c1-15(2)11-18(12(9-16)10-17(15)3)13-7-5-6-8-14(13)19-4/h5-8,12H,9-11,16H2,1-4H3. The summed E-state index contributed by atoms with van der Waals surface area (Å²) in [5.74, 6) is 0.918. The normalized spacial score (nSPS) is 23.4. The third kappa shape index (κ3) is 2.69. The molecule has 0 spiro atoms. The summed E-state index contributed by atoms with van der Waals surface area (Å²) in [6.45, 7) is 7.11. The molecular formula is C15H25N3O. The van der Waals surface area contributed by atoms with Crippen molar-refractivity contribution in [3.63, 3.8) is 0 Å². The van der Waals surface area contributed by atoms with Crippen LogP contribution in [0.15, 0.2) is 24.3 Å². The minimum Gasteiger partial charge on any atom is -0.495 e. The number of ether oxygens (including phenoxy) is 1. The highest BCUT2D eigenvalue weighted by Gasteiger charge is 2.37. The Balaban J connectivity index is 2.35. The lowest BCUT2D eigenvalue weighted by Crippen LogP contribution is -2.64. The second-order valence-corrected chi connectivity index (χ2v) is 5.88. The lowest BCUT2D eigenvalue weighted by atomic mass is 9.95. The first-order valence-corrected chi connectivity index (χ1v) is 6.80. The van der Waals surface area contributed by atoms with Gasteiger partial charge in [0.15, 0.2) is 0 Å². The second kappa shape index (κ2) is 5.39. The van der Waals surface area contributed by atoms with E-state index in [1.54, 1.807) is 7.11 Å². The number of para-hydroxylation sites is 2. The Kier molecular flexibility index (Phi) is 4.02. The summed E-state index contributed by atoms with van der Waals surface area (Å²) < 4.78 is 5.49. The number of nitrogens with zero attached hydrogens (tertiary/aromatic N) is 2. The number of methoxy groups -OCH3 is 1. The van der Waals surface area contributed by atoms with E-state index in [-0.39, 0.29) is 5.54 Å². The third-order valence-corrected chi connectivity index (χ3v) is 4.18. The Morgan fingerprint density at radius 3 is 2.68 bits per heavy atom. The van der Waals surface area contributed by atoms with Gasteiger partial charge in [-0.2, -0.15) is 0 Å². The van der Waals surface area contributed by atoms with Gasteiger partial charge in [0.05, 0.1) is 18.8 Å². The summed E-state index contributed by atoms with van der Waals surface area (Å²) in [5, 5.41) is 0. The van der Waals surface area contributed by atoms with Crippen molar-refractivity contribution in [1.82, 2.24) is 4.90 Å². The van der Waals surface area contributed by atoms with E-state index >= 15 is 0 Å². The predicted molar refractivity (Wildman–Crippen MR) is 79.9 cm³/mol. The number of nitrogens with two attached hydrogens (primary N) is 1. The zero-order valence-electron chi connectivity index (χ0n) is 12.4. The van der Waals surface area contributed by atoms with E-state index in [1.807, 2.05) is 12.1 Å². The molecule has 1 aromatic carbocycles. The van der Waals surface area contributed by atoms with Crippen LogP contribution >= 0.6 is 0 Å². The summed E-state index contributed by atoms with van der Waals surface area (Å²) in [6, 6.07) is 8.50. The Hall–Kier alpha value is -1.26. The molecule has 1 saturated heterocycles. The minimum absolute atomic E-state index is 0.131. The van der Waals surface area contributed by atoms with Crippen LogP contribution < -0.4 is 15.4 Å². The maximum absolute atomic E-state index is 5.96. The number of hydrogen-bond donors (Lipinski definition) is 1. The number of hydrogen-bond acceptors (Lipinski definition) is 4. The van der Waals surface area contributed by atoms with E-state index in [9.17, 15) is 0 Å². The zero-order chi connectivity index (χ0) is 14.0. The van der Waals surface area contributed by atoms with Crippen molar-refractivity contribution < 1.29 is 4.74 Å². The van der Waals surface area contributed by atoms with Gasteiger partial charge in [-0.3, -0.25) is 4.90 Å². The highest BCUT2D eigenvalue weighted by molar-refractivity contribution is 5.60. The van der Waals surface area contributed by atoms with Gasteiger partial charge in [-0.25, -0.2) is 0 Å². The topological polar surface area (TPSA) is 41.7 Å². The van der Waals surface area contributed by atoms with Crippen LogP contribution in [0.25, 0.3) is 0 Å². The molecule has 1 unspecified atom stereocenters. The molecule has 0 bridgehead atoms. The van der Waals surface area contributed by atoms with E-state index in [1.165, 1.54) is 0 Å². The van der Waals surface area contributed by atoms with Gasteiger partial charge in [0.1, 0.15) is 5.75 Å². The number of anilines is 1. The number of likely N-dealkylation sites (N-methyl/N-ethyl adjacent to an activating group) is 1. The van der Waals surface area contributed by atoms with Gasteiger partial charge in [0.2, 0.25) is 0 Å². The maximum Gasteiger partial charge on any atom is 0.142 e. The van der Waals surface area contributed by atoms with Crippen LogP contribution in [0.4, 0.5) is 5.69 Å². The molecule has 1 aliphatic heterocycles. The lowest BCUT2D eigenvalue weighted by Gasteiger charge is -2.50. The van der Waals surface area contributed by atoms with Crippen molar-refractivity contribution in [1.29, 1.82) is 0 Å². The molecule has 0 saturated carbocycles. The van der Waals surface area contributed by atoms with Crippen molar-refractivity contribution in [3.05, 3.63) is 24.3 Å². The molecule has 4 nitrogen and oxygen atoms in total. The summed E-state index contributed by atoms with van der Waals surface area (Å²) in [5.41, 5.74) is 7.24. The summed E-state index contributed by atoms with van der Waals surface area (Å²) in [7, 11) is 3.89. The monoisotopic (exact) mass is 263 g/mol. The van der Waals surface area contributed by atoms with Crippen LogP contribution in [0, 0.1) is 0 Å². The molecule has 1 aliphatic rings. The quantitative estimate of drug-likeness (QED) is 0.898. The Bertz CT molecular complexity index is 433. The molecule has 1 atom stereocenters. The molecule has 106 valence electrons. The van der Waals surface area contributed by atoms with Gasteiger partial charge in [-0.1, -0.05) is 12.1 Å². The largest absolute Gasteiger partial charge is 0.495 e. The molecule has 1 heterocycles. The van der Waals surface area contributed by atoms with Crippen LogP contribution in [0.5, 0.6) is 5.75 Å². The van der Waals surface area contributed by atoms with Crippen LogP contribution in [0.1, 0.15) is 13.8 Å². The van der Waals surface area contributed by atoms with Gasteiger partial charge in [-0.05, 0) is 33.0 Å². The van der Waals surface area contributed by atoms with Gasteiger partial charge in [-0.15, -0.1) is 0 Å². The Labute approximate surface area is 116 Å². The summed E-state index contributed by atoms with van der Waals surface area (Å²) in [6.07, 6.45) is 0. The highest BCUT2D eigenvalue weighted by atomic mass is 16.5. The molecule has 19 heavy (non-hydrogen) atoms. The SMILES string of the molecule is COc1ccccc1N1CC(C)(C)N(C)CC1CN. The van der Waals surface area contributed by atoms with Gasteiger partial charge in [0, 0.05) is 25.2 Å². The van der Waals surface area contributed by atoms with Crippen LogP contribution in [-0.2, 0) is 0 Å². The summed E-state index contributed by atoms with van der Waals surface area (Å²) in [4.78, 5) is 4.77. The fraction of sp³-hybridized carbons (Fsp3) is 0.600. The molecule has 0 aromatic heterocycles. The number of piperazine rings is 1. The van der Waals surface area contributed by atoms with Crippen molar-refractivity contribution in [3.8, 4) is 5.75 Å². The van der Waals surface area contributed by atoms with E-state index in [0.717, 1.165) is 24.5 Å². The van der Waals surface area contributed by atoms with Crippen molar-refractivity contribution in [2.24, 2.45) is 5.73 Å². The molecule has 2 N–H and O–H groups in total. The average Bonchev–Trinajstić information content (AvgIpc) is 2.41. The molecule has 0 aliphatic carbocycles. The maximum atomic E-state index is 5.96. The predicted octanol–water partition coefficient (Wildman–Crippen LogP) is 1.55. The Morgan fingerprint density at radius 2 is 2.05 bits per heavy atom. The van der Waals surface area contributed by atoms with Gasteiger partial charge >= 0.3 is 0 Å². The summed E-state index contributed by atoms with van der Waals surface area (Å²) >= 11 is 0. The molecule has 0 radical (unpaired) electrons. The molecule has 0 amide bonds. The number of rotatable bonds is 3. The molecule has 4 heteroatoms. The second-order valence-electron chi connectivity index (χ2n) is 5.88. The van der Waals surface area contributed by atoms with Crippen LogP contribution in [0.3, 0.4) is 0 Å². The third-order valence-electron chi connectivity index (χ3n) is 4.18. The molecule has 1 fully saturated rings. The minimum atomic E-state index is 0.131. The molecule has 2 rings (SSSR count). The van der Waals surface area contributed by atoms with Crippen molar-refractivity contribution in [2.75, 3.05) is 38.7 Å². The first kappa shape index (κ1) is 14.2. The Morgan fingerprint density at radius 1 is 1.37 bits per heavy atom. The van der Waals surface area contributed by atoms with E-state index in [2.05, 4.69) is 42.8 Å².